The van der Waals surface area contributed by atoms with E-state index < -0.39 is 0 Å². The van der Waals surface area contributed by atoms with Crippen molar-refractivity contribution >= 4 is 5.69 Å². The summed E-state index contributed by atoms with van der Waals surface area (Å²) in [7, 11) is 1.65. The van der Waals surface area contributed by atoms with Crippen molar-refractivity contribution in [3.8, 4) is 11.5 Å². The number of para-hydroxylation sites is 3. The van der Waals surface area contributed by atoms with Crippen LogP contribution in [0.2, 0.25) is 0 Å². The van der Waals surface area contributed by atoms with Crippen molar-refractivity contribution in [1.82, 2.24) is 0 Å². The molecule has 0 fully saturated rings. The second-order valence-electron chi connectivity index (χ2n) is 5.23. The monoisotopic (exact) mass is 285 g/mol. The van der Waals surface area contributed by atoms with Crippen LogP contribution < -0.4 is 14.8 Å². The van der Waals surface area contributed by atoms with Gasteiger partial charge in [0.15, 0.2) is 11.5 Å². The van der Waals surface area contributed by atoms with Gasteiger partial charge in [0.1, 0.15) is 6.10 Å². The second kappa shape index (κ2) is 7.02. The zero-order valence-corrected chi connectivity index (χ0v) is 13.1. The quantitative estimate of drug-likeness (QED) is 0.863. The lowest BCUT2D eigenvalue weighted by atomic mass is 10.1. The van der Waals surface area contributed by atoms with E-state index in [4.69, 9.17) is 9.47 Å². The Morgan fingerprint density at radius 2 is 1.57 bits per heavy atom. The van der Waals surface area contributed by atoms with Gasteiger partial charge < -0.3 is 14.8 Å². The highest BCUT2D eigenvalue weighted by Gasteiger charge is 2.09. The molecular weight excluding hydrogens is 262 g/mol. The number of hydrogen-bond donors (Lipinski definition) is 1. The van der Waals surface area contributed by atoms with E-state index in [-0.39, 0.29) is 6.10 Å². The van der Waals surface area contributed by atoms with Gasteiger partial charge in [-0.3, -0.25) is 0 Å². The zero-order chi connectivity index (χ0) is 15.2. The number of hydrogen-bond acceptors (Lipinski definition) is 3. The van der Waals surface area contributed by atoms with Crippen molar-refractivity contribution < 1.29 is 9.47 Å². The molecule has 1 atom stereocenters. The Morgan fingerprint density at radius 3 is 2.19 bits per heavy atom. The molecule has 0 bridgehead atoms. The number of anilines is 1. The maximum Gasteiger partial charge on any atom is 0.161 e. The summed E-state index contributed by atoms with van der Waals surface area (Å²) < 4.78 is 11.3. The second-order valence-corrected chi connectivity index (χ2v) is 5.23. The van der Waals surface area contributed by atoms with Crippen molar-refractivity contribution in [2.45, 2.75) is 26.9 Å². The minimum atomic E-state index is 0.0420. The van der Waals surface area contributed by atoms with E-state index in [2.05, 4.69) is 37.4 Å². The molecule has 3 heteroatoms. The molecule has 2 aromatic carbocycles. The Bertz CT molecular complexity index is 575. The average molecular weight is 285 g/mol. The number of benzene rings is 2. The largest absolute Gasteiger partial charge is 0.493 e. The van der Waals surface area contributed by atoms with Gasteiger partial charge in [-0.1, -0.05) is 30.3 Å². The number of aryl methyl sites for hydroxylation is 2. The maximum atomic E-state index is 5.95. The van der Waals surface area contributed by atoms with Gasteiger partial charge in [0.05, 0.1) is 13.7 Å². The molecule has 0 aliphatic heterocycles. The Hall–Kier alpha value is -2.16. The molecular formula is C18H23NO2. The fraction of sp³-hybridized carbons (Fsp3) is 0.333. The summed E-state index contributed by atoms with van der Waals surface area (Å²) in [4.78, 5) is 0. The highest BCUT2D eigenvalue weighted by Crippen LogP contribution is 2.27. The van der Waals surface area contributed by atoms with E-state index in [9.17, 15) is 0 Å². The molecule has 112 valence electrons. The number of nitrogens with one attached hydrogen (secondary N) is 1. The van der Waals surface area contributed by atoms with E-state index in [1.807, 2.05) is 31.2 Å². The summed E-state index contributed by atoms with van der Waals surface area (Å²) in [6, 6.07) is 14.0. The lowest BCUT2D eigenvalue weighted by Crippen LogP contribution is -2.23. The highest BCUT2D eigenvalue weighted by molar-refractivity contribution is 5.56. The fourth-order valence-corrected chi connectivity index (χ4v) is 2.31. The third kappa shape index (κ3) is 3.91. The van der Waals surface area contributed by atoms with Gasteiger partial charge in [-0.05, 0) is 44.0 Å². The van der Waals surface area contributed by atoms with Gasteiger partial charge in [0, 0.05) is 5.69 Å². The highest BCUT2D eigenvalue weighted by atomic mass is 16.5. The van der Waals surface area contributed by atoms with Crippen molar-refractivity contribution in [2.75, 3.05) is 19.0 Å². The summed E-state index contributed by atoms with van der Waals surface area (Å²) in [5.74, 6) is 1.53. The van der Waals surface area contributed by atoms with Gasteiger partial charge in [0.25, 0.3) is 0 Å². The van der Waals surface area contributed by atoms with Crippen molar-refractivity contribution in [3.05, 3.63) is 53.6 Å². The lowest BCUT2D eigenvalue weighted by molar-refractivity contribution is 0.223. The van der Waals surface area contributed by atoms with Crippen LogP contribution in [0.3, 0.4) is 0 Å². The number of ether oxygens (including phenoxy) is 2. The summed E-state index contributed by atoms with van der Waals surface area (Å²) in [6.07, 6.45) is 0.0420. The van der Waals surface area contributed by atoms with Crippen LogP contribution in [-0.2, 0) is 0 Å². The van der Waals surface area contributed by atoms with Gasteiger partial charge in [0.2, 0.25) is 0 Å². The molecule has 0 heterocycles. The van der Waals surface area contributed by atoms with Gasteiger partial charge in [-0.25, -0.2) is 0 Å². The van der Waals surface area contributed by atoms with E-state index in [0.29, 0.717) is 0 Å². The Labute approximate surface area is 126 Å². The predicted octanol–water partition coefficient (Wildman–Crippen LogP) is 4.19. The molecule has 2 rings (SSSR count). The normalized spacial score (nSPS) is 11.8. The molecule has 0 aliphatic carbocycles. The first kappa shape index (κ1) is 15.2. The average Bonchev–Trinajstić information content (AvgIpc) is 2.47. The first-order valence-corrected chi connectivity index (χ1v) is 7.21. The van der Waals surface area contributed by atoms with Crippen LogP contribution in [0.5, 0.6) is 11.5 Å². The summed E-state index contributed by atoms with van der Waals surface area (Å²) in [6.45, 7) is 7.01. The van der Waals surface area contributed by atoms with E-state index in [0.717, 1.165) is 18.0 Å². The van der Waals surface area contributed by atoms with Crippen molar-refractivity contribution in [3.63, 3.8) is 0 Å². The minimum absolute atomic E-state index is 0.0420. The van der Waals surface area contributed by atoms with Crippen molar-refractivity contribution in [2.24, 2.45) is 0 Å². The van der Waals surface area contributed by atoms with Crippen LogP contribution in [0.1, 0.15) is 18.1 Å². The standard InChI is InChI=1S/C18H23NO2/c1-13-8-7-9-14(2)18(13)19-12-15(3)21-17-11-6-5-10-16(17)20-4/h5-11,15,19H,12H2,1-4H3. The minimum Gasteiger partial charge on any atom is -0.493 e. The topological polar surface area (TPSA) is 30.5 Å². The van der Waals surface area contributed by atoms with E-state index >= 15 is 0 Å². The molecule has 0 aromatic heterocycles. The fourth-order valence-electron chi connectivity index (χ4n) is 2.31. The van der Waals surface area contributed by atoms with Crippen LogP contribution in [0.25, 0.3) is 0 Å². The van der Waals surface area contributed by atoms with Gasteiger partial charge in [-0.15, -0.1) is 0 Å². The molecule has 1 unspecified atom stereocenters. The molecule has 0 aliphatic rings. The molecule has 0 spiro atoms. The van der Waals surface area contributed by atoms with Gasteiger partial charge >= 0.3 is 0 Å². The summed E-state index contributed by atoms with van der Waals surface area (Å²) >= 11 is 0. The molecule has 0 amide bonds. The molecule has 2 aromatic rings. The Morgan fingerprint density at radius 1 is 0.952 bits per heavy atom. The first-order chi connectivity index (χ1) is 10.1. The smallest absolute Gasteiger partial charge is 0.161 e. The third-order valence-corrected chi connectivity index (χ3v) is 3.44. The third-order valence-electron chi connectivity index (χ3n) is 3.44. The zero-order valence-electron chi connectivity index (χ0n) is 13.1. The molecule has 21 heavy (non-hydrogen) atoms. The van der Waals surface area contributed by atoms with Crippen LogP contribution >= 0.6 is 0 Å². The predicted molar refractivity (Wildman–Crippen MR) is 87.5 cm³/mol. The number of methoxy groups -OCH3 is 1. The van der Waals surface area contributed by atoms with Crippen LogP contribution in [0.15, 0.2) is 42.5 Å². The molecule has 3 nitrogen and oxygen atoms in total. The summed E-state index contributed by atoms with van der Waals surface area (Å²) in [5.41, 5.74) is 3.69. The van der Waals surface area contributed by atoms with Crippen LogP contribution in [0.4, 0.5) is 5.69 Å². The first-order valence-electron chi connectivity index (χ1n) is 7.21. The van der Waals surface area contributed by atoms with Crippen LogP contribution in [0, 0.1) is 13.8 Å². The van der Waals surface area contributed by atoms with Crippen molar-refractivity contribution in [1.29, 1.82) is 0 Å². The lowest BCUT2D eigenvalue weighted by Gasteiger charge is -2.19. The molecule has 0 saturated heterocycles. The molecule has 0 radical (unpaired) electrons. The molecule has 0 saturated carbocycles. The van der Waals surface area contributed by atoms with Gasteiger partial charge in [-0.2, -0.15) is 0 Å². The van der Waals surface area contributed by atoms with E-state index in [1.165, 1.54) is 16.8 Å². The van der Waals surface area contributed by atoms with E-state index in [1.54, 1.807) is 7.11 Å². The Balaban J connectivity index is 1.98. The number of rotatable bonds is 6. The molecule has 1 N–H and O–H groups in total. The summed E-state index contributed by atoms with van der Waals surface area (Å²) in [5, 5.41) is 3.47. The SMILES string of the molecule is COc1ccccc1OC(C)CNc1c(C)cccc1C. The maximum absolute atomic E-state index is 5.95. The Kier molecular flexibility index (Phi) is 5.09. The van der Waals surface area contributed by atoms with Crippen LogP contribution in [-0.4, -0.2) is 19.8 Å².